The van der Waals surface area contributed by atoms with Crippen molar-refractivity contribution >= 4 is 5.97 Å². The number of nitrogens with zero attached hydrogens (tertiary/aromatic N) is 1. The van der Waals surface area contributed by atoms with E-state index >= 15 is 0 Å². The fraction of sp³-hybridized carbons (Fsp3) is 0.538. The molecule has 0 unspecified atom stereocenters. The first-order valence-corrected chi connectivity index (χ1v) is 5.93. The maximum atomic E-state index is 11.0. The molecule has 1 fully saturated rings. The van der Waals surface area contributed by atoms with Crippen molar-refractivity contribution in [2.45, 2.75) is 38.5 Å². The fourth-order valence-electron chi connectivity index (χ4n) is 2.50. The smallest absolute Gasteiger partial charge is 0.337 e. The lowest BCUT2D eigenvalue weighted by Crippen LogP contribution is -2.12. The molecule has 0 amide bonds. The summed E-state index contributed by atoms with van der Waals surface area (Å²) in [5.74, 6) is -0.201. The highest BCUT2D eigenvalue weighted by molar-refractivity contribution is 5.88. The minimum absolute atomic E-state index is 0.369. The summed E-state index contributed by atoms with van der Waals surface area (Å²) in [6.07, 6.45) is 10.4. The average molecular weight is 219 g/mol. The molecule has 0 spiro atoms. The second-order valence-corrected chi connectivity index (χ2v) is 4.55. The van der Waals surface area contributed by atoms with Gasteiger partial charge in [0, 0.05) is 12.4 Å². The van der Waals surface area contributed by atoms with E-state index in [1.54, 1.807) is 6.20 Å². The molecule has 1 aliphatic carbocycles. The third-order valence-corrected chi connectivity index (χ3v) is 3.38. The van der Waals surface area contributed by atoms with Crippen molar-refractivity contribution in [3.05, 3.63) is 29.6 Å². The van der Waals surface area contributed by atoms with Crippen LogP contribution in [0.15, 0.2) is 18.5 Å². The van der Waals surface area contributed by atoms with Gasteiger partial charge in [0.25, 0.3) is 0 Å². The largest absolute Gasteiger partial charge is 0.478 e. The predicted molar refractivity (Wildman–Crippen MR) is 61.5 cm³/mol. The van der Waals surface area contributed by atoms with Crippen LogP contribution in [-0.2, 0) is 6.42 Å². The highest BCUT2D eigenvalue weighted by atomic mass is 16.4. The molecule has 86 valence electrons. The summed E-state index contributed by atoms with van der Waals surface area (Å²) in [4.78, 5) is 14.9. The van der Waals surface area contributed by atoms with Crippen LogP contribution in [0.4, 0.5) is 0 Å². The summed E-state index contributed by atoms with van der Waals surface area (Å²) in [5, 5.41) is 9.06. The first kappa shape index (κ1) is 11.1. The molecule has 1 aliphatic rings. The van der Waals surface area contributed by atoms with E-state index in [0.29, 0.717) is 11.5 Å². The average Bonchev–Trinajstić information content (AvgIpc) is 2.31. The van der Waals surface area contributed by atoms with Crippen LogP contribution in [-0.4, -0.2) is 16.1 Å². The molecule has 0 aromatic carbocycles. The Hall–Kier alpha value is -1.38. The van der Waals surface area contributed by atoms with E-state index in [9.17, 15) is 4.79 Å². The van der Waals surface area contributed by atoms with Crippen molar-refractivity contribution in [3.63, 3.8) is 0 Å². The lowest BCUT2D eigenvalue weighted by atomic mass is 9.84. The van der Waals surface area contributed by atoms with E-state index in [1.165, 1.54) is 38.3 Å². The Morgan fingerprint density at radius 1 is 1.38 bits per heavy atom. The summed E-state index contributed by atoms with van der Waals surface area (Å²) < 4.78 is 0. The van der Waals surface area contributed by atoms with Crippen LogP contribution in [0.1, 0.15) is 48.0 Å². The van der Waals surface area contributed by atoms with Gasteiger partial charge in [0.1, 0.15) is 0 Å². The SMILES string of the molecule is O=C(O)c1cnccc1CC1CCCCC1. The molecular formula is C13H17NO2. The van der Waals surface area contributed by atoms with Crippen LogP contribution < -0.4 is 0 Å². The van der Waals surface area contributed by atoms with Crippen molar-refractivity contribution in [3.8, 4) is 0 Å². The van der Waals surface area contributed by atoms with E-state index in [2.05, 4.69) is 4.98 Å². The van der Waals surface area contributed by atoms with E-state index in [-0.39, 0.29) is 0 Å². The van der Waals surface area contributed by atoms with Crippen molar-refractivity contribution in [1.29, 1.82) is 0 Å². The minimum atomic E-state index is -0.862. The van der Waals surface area contributed by atoms with Crippen molar-refractivity contribution in [1.82, 2.24) is 4.98 Å². The molecule has 3 heteroatoms. The lowest BCUT2D eigenvalue weighted by molar-refractivity contribution is 0.0695. The van der Waals surface area contributed by atoms with Crippen LogP contribution in [0.3, 0.4) is 0 Å². The predicted octanol–water partition coefficient (Wildman–Crippen LogP) is 2.90. The first-order chi connectivity index (χ1) is 7.77. The second kappa shape index (κ2) is 5.10. The van der Waals surface area contributed by atoms with Crippen LogP contribution in [0.5, 0.6) is 0 Å². The summed E-state index contributed by atoms with van der Waals surface area (Å²) in [7, 11) is 0. The van der Waals surface area contributed by atoms with Gasteiger partial charge in [-0.05, 0) is 24.0 Å². The lowest BCUT2D eigenvalue weighted by Gasteiger charge is -2.21. The monoisotopic (exact) mass is 219 g/mol. The Balaban J connectivity index is 2.10. The van der Waals surface area contributed by atoms with Crippen LogP contribution >= 0.6 is 0 Å². The Bertz CT molecular complexity index is 370. The Kier molecular flexibility index (Phi) is 3.54. The molecule has 1 aromatic rings. The second-order valence-electron chi connectivity index (χ2n) is 4.55. The van der Waals surface area contributed by atoms with Gasteiger partial charge in [-0.15, -0.1) is 0 Å². The van der Waals surface area contributed by atoms with E-state index < -0.39 is 5.97 Å². The van der Waals surface area contributed by atoms with Crippen LogP contribution in [0.2, 0.25) is 0 Å². The van der Waals surface area contributed by atoms with Gasteiger partial charge in [0.15, 0.2) is 0 Å². The van der Waals surface area contributed by atoms with E-state index in [4.69, 9.17) is 5.11 Å². The number of hydrogen-bond donors (Lipinski definition) is 1. The summed E-state index contributed by atoms with van der Waals surface area (Å²) in [6, 6.07) is 1.85. The molecule has 0 bridgehead atoms. The number of aromatic carboxylic acids is 1. The van der Waals surface area contributed by atoms with E-state index in [1.807, 2.05) is 6.07 Å². The zero-order chi connectivity index (χ0) is 11.4. The van der Waals surface area contributed by atoms with Gasteiger partial charge in [-0.3, -0.25) is 4.98 Å². The van der Waals surface area contributed by atoms with Gasteiger partial charge >= 0.3 is 5.97 Å². The van der Waals surface area contributed by atoms with Gasteiger partial charge in [-0.2, -0.15) is 0 Å². The fourth-order valence-corrected chi connectivity index (χ4v) is 2.50. The third kappa shape index (κ3) is 2.60. The number of aromatic nitrogens is 1. The number of pyridine rings is 1. The minimum Gasteiger partial charge on any atom is -0.478 e. The standard InChI is InChI=1S/C13H17NO2/c15-13(16)12-9-14-7-6-11(12)8-10-4-2-1-3-5-10/h6-7,9-10H,1-5,8H2,(H,15,16). The molecule has 2 rings (SSSR count). The van der Waals surface area contributed by atoms with Gasteiger partial charge in [0.2, 0.25) is 0 Å². The third-order valence-electron chi connectivity index (χ3n) is 3.38. The number of carboxylic acid groups (broad SMARTS) is 1. The number of rotatable bonds is 3. The maximum absolute atomic E-state index is 11.0. The summed E-state index contributed by atoms with van der Waals surface area (Å²) >= 11 is 0. The number of hydrogen-bond acceptors (Lipinski definition) is 2. The highest BCUT2D eigenvalue weighted by Crippen LogP contribution is 2.27. The maximum Gasteiger partial charge on any atom is 0.337 e. The summed E-state index contributed by atoms with van der Waals surface area (Å²) in [5.41, 5.74) is 1.31. The molecule has 0 saturated heterocycles. The Morgan fingerprint density at radius 3 is 2.81 bits per heavy atom. The molecule has 16 heavy (non-hydrogen) atoms. The first-order valence-electron chi connectivity index (χ1n) is 5.93. The van der Waals surface area contributed by atoms with Gasteiger partial charge in [0.05, 0.1) is 5.56 Å². The molecule has 1 N–H and O–H groups in total. The number of carbonyl (C=O) groups is 1. The molecule has 0 atom stereocenters. The topological polar surface area (TPSA) is 50.2 Å². The Labute approximate surface area is 95.5 Å². The van der Waals surface area contributed by atoms with E-state index in [0.717, 1.165) is 12.0 Å². The van der Waals surface area contributed by atoms with Crippen molar-refractivity contribution in [2.75, 3.05) is 0 Å². The van der Waals surface area contributed by atoms with Gasteiger partial charge in [-0.1, -0.05) is 32.1 Å². The van der Waals surface area contributed by atoms with Gasteiger partial charge < -0.3 is 5.11 Å². The zero-order valence-corrected chi connectivity index (χ0v) is 9.35. The Morgan fingerprint density at radius 2 is 2.12 bits per heavy atom. The van der Waals surface area contributed by atoms with Gasteiger partial charge in [-0.25, -0.2) is 4.79 Å². The molecule has 1 saturated carbocycles. The normalized spacial score (nSPS) is 17.2. The highest BCUT2D eigenvalue weighted by Gasteiger charge is 2.17. The molecule has 0 aliphatic heterocycles. The summed E-state index contributed by atoms with van der Waals surface area (Å²) in [6.45, 7) is 0. The van der Waals surface area contributed by atoms with Crippen LogP contribution in [0, 0.1) is 5.92 Å². The number of carboxylic acids is 1. The van der Waals surface area contributed by atoms with Crippen LogP contribution in [0.25, 0.3) is 0 Å². The zero-order valence-electron chi connectivity index (χ0n) is 9.35. The quantitative estimate of drug-likeness (QED) is 0.850. The molecule has 3 nitrogen and oxygen atoms in total. The molecule has 0 radical (unpaired) electrons. The molecule has 1 aromatic heterocycles. The van der Waals surface area contributed by atoms with Crippen molar-refractivity contribution in [2.24, 2.45) is 5.92 Å². The van der Waals surface area contributed by atoms with Crippen molar-refractivity contribution < 1.29 is 9.90 Å². The molecule has 1 heterocycles. The molecular weight excluding hydrogens is 202 g/mol.